The summed E-state index contributed by atoms with van der Waals surface area (Å²) in [5.41, 5.74) is 4.50. The third-order valence-corrected chi connectivity index (χ3v) is 3.50. The molecule has 1 atom stereocenters. The molecule has 0 saturated carbocycles. The Kier molecular flexibility index (Phi) is 3.85. The summed E-state index contributed by atoms with van der Waals surface area (Å²) in [6, 6.07) is 4.22. The van der Waals surface area contributed by atoms with E-state index in [9.17, 15) is 4.79 Å². The summed E-state index contributed by atoms with van der Waals surface area (Å²) in [6.45, 7) is 6.17. The fourth-order valence-corrected chi connectivity index (χ4v) is 2.67. The van der Waals surface area contributed by atoms with Crippen LogP contribution < -0.4 is 5.32 Å². The maximum atomic E-state index is 12.0. The molecular formula is C16H21NO. The van der Waals surface area contributed by atoms with Gasteiger partial charge in [0, 0.05) is 12.1 Å². The van der Waals surface area contributed by atoms with E-state index in [1.54, 1.807) is 0 Å². The lowest BCUT2D eigenvalue weighted by atomic mass is 10.0. The highest BCUT2D eigenvalue weighted by Crippen LogP contribution is 2.24. The fourth-order valence-electron chi connectivity index (χ4n) is 2.67. The molecule has 0 saturated heterocycles. The molecule has 0 aromatic heterocycles. The van der Waals surface area contributed by atoms with E-state index < -0.39 is 0 Å². The second-order valence-electron chi connectivity index (χ2n) is 5.29. The molecule has 18 heavy (non-hydrogen) atoms. The normalized spacial score (nSPS) is 18.1. The minimum atomic E-state index is 0.126. The molecule has 2 rings (SSSR count). The Morgan fingerprint density at radius 2 is 1.94 bits per heavy atom. The van der Waals surface area contributed by atoms with Gasteiger partial charge in [0.2, 0.25) is 5.91 Å². The van der Waals surface area contributed by atoms with Gasteiger partial charge in [-0.25, -0.2) is 0 Å². The Morgan fingerprint density at radius 3 is 2.50 bits per heavy atom. The lowest BCUT2D eigenvalue weighted by Crippen LogP contribution is -2.16. The molecule has 0 fully saturated rings. The first kappa shape index (κ1) is 12.9. The Hall–Kier alpha value is -1.57. The number of rotatable bonds is 3. The Bertz CT molecular complexity index is 465. The van der Waals surface area contributed by atoms with Crippen LogP contribution in [0.5, 0.6) is 0 Å². The Balaban J connectivity index is 2.04. The third-order valence-electron chi connectivity index (χ3n) is 3.50. The zero-order chi connectivity index (χ0) is 13.1. The van der Waals surface area contributed by atoms with E-state index in [0.29, 0.717) is 12.3 Å². The number of hydrogen-bond donors (Lipinski definition) is 1. The summed E-state index contributed by atoms with van der Waals surface area (Å²) in [5.74, 6) is 0.553. The molecule has 0 aliphatic heterocycles. The molecule has 0 spiro atoms. The van der Waals surface area contributed by atoms with Gasteiger partial charge < -0.3 is 5.32 Å². The van der Waals surface area contributed by atoms with E-state index in [-0.39, 0.29) is 5.91 Å². The van der Waals surface area contributed by atoms with Crippen molar-refractivity contribution in [1.29, 1.82) is 0 Å². The van der Waals surface area contributed by atoms with Crippen LogP contribution in [-0.2, 0) is 4.79 Å². The topological polar surface area (TPSA) is 29.1 Å². The molecule has 2 nitrogen and oxygen atoms in total. The molecule has 0 heterocycles. The van der Waals surface area contributed by atoms with Gasteiger partial charge in [-0.3, -0.25) is 4.79 Å². The second-order valence-corrected chi connectivity index (χ2v) is 5.29. The molecular weight excluding hydrogens is 222 g/mol. The first-order valence-electron chi connectivity index (χ1n) is 6.60. The van der Waals surface area contributed by atoms with E-state index in [4.69, 9.17) is 0 Å². The van der Waals surface area contributed by atoms with Crippen molar-refractivity contribution >= 4 is 11.6 Å². The number of amides is 1. The van der Waals surface area contributed by atoms with Gasteiger partial charge in [-0.15, -0.1) is 0 Å². The van der Waals surface area contributed by atoms with Gasteiger partial charge in [0.15, 0.2) is 0 Å². The van der Waals surface area contributed by atoms with Gasteiger partial charge in [0.1, 0.15) is 0 Å². The molecule has 2 heteroatoms. The second kappa shape index (κ2) is 5.38. The van der Waals surface area contributed by atoms with Crippen LogP contribution in [-0.4, -0.2) is 5.91 Å². The standard InChI is InChI=1S/C16H21NO/c1-11-8-12(2)16(13(3)9-11)17-15(18)10-14-6-4-5-7-14/h4,6,8-9,14H,5,7,10H2,1-3H3,(H,17,18). The highest BCUT2D eigenvalue weighted by molar-refractivity contribution is 5.92. The molecule has 1 N–H and O–H groups in total. The number of benzene rings is 1. The Morgan fingerprint density at radius 1 is 1.28 bits per heavy atom. The van der Waals surface area contributed by atoms with Crippen LogP contribution in [0.15, 0.2) is 24.3 Å². The van der Waals surface area contributed by atoms with E-state index in [1.165, 1.54) is 5.56 Å². The molecule has 1 aromatic carbocycles. The van der Waals surface area contributed by atoms with Crippen molar-refractivity contribution in [2.24, 2.45) is 5.92 Å². The van der Waals surface area contributed by atoms with Crippen LogP contribution in [0.2, 0.25) is 0 Å². The van der Waals surface area contributed by atoms with E-state index in [2.05, 4.69) is 36.5 Å². The highest BCUT2D eigenvalue weighted by atomic mass is 16.1. The minimum Gasteiger partial charge on any atom is -0.326 e. The predicted molar refractivity (Wildman–Crippen MR) is 75.8 cm³/mol. The van der Waals surface area contributed by atoms with Crippen molar-refractivity contribution in [2.75, 3.05) is 5.32 Å². The molecule has 96 valence electrons. The third kappa shape index (κ3) is 3.00. The monoisotopic (exact) mass is 243 g/mol. The van der Waals surface area contributed by atoms with E-state index in [0.717, 1.165) is 29.7 Å². The molecule has 0 radical (unpaired) electrons. The average molecular weight is 243 g/mol. The lowest BCUT2D eigenvalue weighted by molar-refractivity contribution is -0.116. The van der Waals surface area contributed by atoms with Crippen molar-refractivity contribution in [3.05, 3.63) is 41.0 Å². The van der Waals surface area contributed by atoms with Crippen LogP contribution in [0.4, 0.5) is 5.69 Å². The SMILES string of the molecule is Cc1cc(C)c(NC(=O)CC2C=CCC2)c(C)c1. The fraction of sp³-hybridized carbons (Fsp3) is 0.438. The maximum Gasteiger partial charge on any atom is 0.224 e. The predicted octanol–water partition coefficient (Wildman–Crippen LogP) is 3.91. The first-order valence-corrected chi connectivity index (χ1v) is 6.60. The van der Waals surface area contributed by atoms with Gasteiger partial charge >= 0.3 is 0 Å². The number of anilines is 1. The number of aryl methyl sites for hydroxylation is 3. The molecule has 1 amide bonds. The van der Waals surface area contributed by atoms with Crippen molar-refractivity contribution in [3.8, 4) is 0 Å². The van der Waals surface area contributed by atoms with Gasteiger partial charge in [0.25, 0.3) is 0 Å². The van der Waals surface area contributed by atoms with Gasteiger partial charge in [-0.1, -0.05) is 29.8 Å². The number of allylic oxidation sites excluding steroid dienone is 2. The summed E-state index contributed by atoms with van der Waals surface area (Å²) >= 11 is 0. The molecule has 0 bridgehead atoms. The van der Waals surface area contributed by atoms with E-state index in [1.807, 2.05) is 13.8 Å². The average Bonchev–Trinajstić information content (AvgIpc) is 2.76. The van der Waals surface area contributed by atoms with Gasteiger partial charge in [-0.05, 0) is 50.7 Å². The Labute approximate surface area is 109 Å². The summed E-state index contributed by atoms with van der Waals surface area (Å²) in [5, 5.41) is 3.06. The quantitative estimate of drug-likeness (QED) is 0.801. The van der Waals surface area contributed by atoms with Gasteiger partial charge in [-0.2, -0.15) is 0 Å². The number of carbonyl (C=O) groups excluding carboxylic acids is 1. The number of hydrogen-bond acceptors (Lipinski definition) is 1. The van der Waals surface area contributed by atoms with Crippen molar-refractivity contribution in [2.45, 2.75) is 40.0 Å². The van der Waals surface area contributed by atoms with E-state index >= 15 is 0 Å². The number of carbonyl (C=O) groups is 1. The molecule has 1 unspecified atom stereocenters. The highest BCUT2D eigenvalue weighted by Gasteiger charge is 2.15. The molecule has 1 aliphatic carbocycles. The summed E-state index contributed by atoms with van der Waals surface area (Å²) in [7, 11) is 0. The summed E-state index contributed by atoms with van der Waals surface area (Å²) in [4.78, 5) is 12.0. The van der Waals surface area contributed by atoms with Crippen LogP contribution >= 0.6 is 0 Å². The first-order chi connectivity index (χ1) is 8.56. The number of nitrogens with one attached hydrogen (secondary N) is 1. The van der Waals surface area contributed by atoms with Crippen LogP contribution in [0.1, 0.15) is 36.0 Å². The lowest BCUT2D eigenvalue weighted by Gasteiger charge is -2.14. The minimum absolute atomic E-state index is 0.126. The van der Waals surface area contributed by atoms with Crippen LogP contribution in [0, 0.1) is 26.7 Å². The zero-order valence-corrected chi connectivity index (χ0v) is 11.4. The van der Waals surface area contributed by atoms with Crippen molar-refractivity contribution in [3.63, 3.8) is 0 Å². The molecule has 1 aliphatic rings. The van der Waals surface area contributed by atoms with Crippen molar-refractivity contribution < 1.29 is 4.79 Å². The summed E-state index contributed by atoms with van der Waals surface area (Å²) < 4.78 is 0. The summed E-state index contributed by atoms with van der Waals surface area (Å²) in [6.07, 6.45) is 7.15. The van der Waals surface area contributed by atoms with Gasteiger partial charge in [0.05, 0.1) is 0 Å². The molecule has 1 aromatic rings. The van der Waals surface area contributed by atoms with Crippen LogP contribution in [0.3, 0.4) is 0 Å². The largest absolute Gasteiger partial charge is 0.326 e. The van der Waals surface area contributed by atoms with Crippen LogP contribution in [0.25, 0.3) is 0 Å². The van der Waals surface area contributed by atoms with Crippen molar-refractivity contribution in [1.82, 2.24) is 0 Å². The zero-order valence-electron chi connectivity index (χ0n) is 11.4. The maximum absolute atomic E-state index is 12.0. The smallest absolute Gasteiger partial charge is 0.224 e.